The second-order valence-corrected chi connectivity index (χ2v) is 6.36. The Bertz CT molecular complexity index is 664. The van der Waals surface area contributed by atoms with Crippen molar-refractivity contribution in [1.82, 2.24) is 20.1 Å². The average molecular weight is 324 g/mol. The van der Waals surface area contributed by atoms with Crippen LogP contribution >= 0.6 is 0 Å². The number of likely N-dealkylation sites (N-methyl/N-ethyl adjacent to an activating group) is 1. The van der Waals surface area contributed by atoms with Gasteiger partial charge in [0.15, 0.2) is 0 Å². The minimum atomic E-state index is -0.166. The van der Waals surface area contributed by atoms with E-state index in [0.717, 1.165) is 37.3 Å². The monoisotopic (exact) mass is 324 g/mol. The van der Waals surface area contributed by atoms with Gasteiger partial charge in [0, 0.05) is 38.6 Å². The third kappa shape index (κ3) is 3.92. The van der Waals surface area contributed by atoms with Crippen molar-refractivity contribution in [3.63, 3.8) is 0 Å². The molecule has 0 radical (unpaired) electrons. The first-order valence-corrected chi connectivity index (χ1v) is 8.34. The van der Waals surface area contributed by atoms with Gasteiger partial charge in [-0.25, -0.2) is 4.79 Å². The number of piperazine rings is 1. The van der Waals surface area contributed by atoms with Gasteiger partial charge in [-0.15, -0.1) is 0 Å². The van der Waals surface area contributed by atoms with Crippen LogP contribution in [0.3, 0.4) is 0 Å². The molecule has 2 amide bonds. The zero-order valence-corrected chi connectivity index (χ0v) is 14.3. The highest BCUT2D eigenvalue weighted by Crippen LogP contribution is 2.22. The molecule has 2 heterocycles. The van der Waals surface area contributed by atoms with Crippen molar-refractivity contribution in [3.05, 3.63) is 65.5 Å². The second-order valence-electron chi connectivity index (χ2n) is 6.36. The maximum absolute atomic E-state index is 12.7. The third-order valence-electron chi connectivity index (χ3n) is 4.51. The Morgan fingerprint density at radius 2 is 1.58 bits per heavy atom. The molecule has 126 valence electrons. The van der Waals surface area contributed by atoms with Gasteiger partial charge < -0.3 is 15.1 Å². The highest BCUT2D eigenvalue weighted by atomic mass is 16.2. The van der Waals surface area contributed by atoms with E-state index < -0.39 is 0 Å². The molecule has 0 aliphatic carbocycles. The maximum Gasteiger partial charge on any atom is 0.318 e. The Morgan fingerprint density at radius 1 is 1.00 bits per heavy atom. The molecule has 1 saturated heterocycles. The SMILES string of the molecule is Cc1ccc([C@@H](NC(=O)N2CCN(C)CC2)c2ccncc2)cc1. The number of rotatable bonds is 3. The Balaban J connectivity index is 1.80. The Labute approximate surface area is 143 Å². The molecule has 24 heavy (non-hydrogen) atoms. The first kappa shape index (κ1) is 16.5. The zero-order valence-electron chi connectivity index (χ0n) is 14.3. The number of carbonyl (C=O) groups is 1. The summed E-state index contributed by atoms with van der Waals surface area (Å²) < 4.78 is 0. The minimum Gasteiger partial charge on any atom is -0.327 e. The lowest BCUT2D eigenvalue weighted by atomic mass is 9.99. The Hall–Kier alpha value is -2.40. The molecule has 1 aliphatic heterocycles. The Morgan fingerprint density at radius 3 is 2.21 bits per heavy atom. The molecule has 1 aliphatic rings. The van der Waals surface area contributed by atoms with Crippen LogP contribution in [0.4, 0.5) is 4.79 Å². The van der Waals surface area contributed by atoms with Crippen LogP contribution in [-0.2, 0) is 0 Å². The summed E-state index contributed by atoms with van der Waals surface area (Å²) in [6.07, 6.45) is 3.52. The largest absolute Gasteiger partial charge is 0.327 e. The predicted octanol–water partition coefficient (Wildman–Crippen LogP) is 2.44. The first-order chi connectivity index (χ1) is 11.6. The van der Waals surface area contributed by atoms with Crippen LogP contribution in [0.25, 0.3) is 0 Å². The van der Waals surface area contributed by atoms with Crippen molar-refractivity contribution in [3.8, 4) is 0 Å². The lowest BCUT2D eigenvalue weighted by Gasteiger charge is -2.33. The molecule has 0 bridgehead atoms. The molecule has 1 N–H and O–H groups in total. The van der Waals surface area contributed by atoms with E-state index in [1.165, 1.54) is 5.56 Å². The topological polar surface area (TPSA) is 48.5 Å². The Kier molecular flexibility index (Phi) is 5.11. The molecule has 2 aromatic rings. The van der Waals surface area contributed by atoms with Gasteiger partial charge in [-0.3, -0.25) is 4.98 Å². The second kappa shape index (κ2) is 7.45. The van der Waals surface area contributed by atoms with Crippen molar-refractivity contribution in [2.24, 2.45) is 0 Å². The number of amides is 2. The highest BCUT2D eigenvalue weighted by Gasteiger charge is 2.23. The summed E-state index contributed by atoms with van der Waals surface area (Å²) in [6, 6.07) is 12.0. The predicted molar refractivity (Wildman–Crippen MR) is 94.9 cm³/mol. The molecule has 5 nitrogen and oxygen atoms in total. The fourth-order valence-electron chi connectivity index (χ4n) is 2.90. The first-order valence-electron chi connectivity index (χ1n) is 8.34. The van der Waals surface area contributed by atoms with Crippen molar-refractivity contribution in [2.45, 2.75) is 13.0 Å². The van der Waals surface area contributed by atoms with Crippen molar-refractivity contribution in [1.29, 1.82) is 0 Å². The quantitative estimate of drug-likeness (QED) is 0.943. The van der Waals surface area contributed by atoms with Crippen molar-refractivity contribution < 1.29 is 4.79 Å². The molecule has 0 spiro atoms. The van der Waals surface area contributed by atoms with E-state index in [1.54, 1.807) is 12.4 Å². The van der Waals surface area contributed by atoms with Gasteiger partial charge in [0.2, 0.25) is 0 Å². The number of nitrogens with zero attached hydrogens (tertiary/aromatic N) is 3. The summed E-state index contributed by atoms with van der Waals surface area (Å²) in [4.78, 5) is 20.9. The van der Waals surface area contributed by atoms with Crippen molar-refractivity contribution >= 4 is 6.03 Å². The molecule has 0 saturated carbocycles. The van der Waals surface area contributed by atoms with E-state index in [2.05, 4.69) is 53.4 Å². The lowest BCUT2D eigenvalue weighted by Crippen LogP contribution is -2.51. The molecule has 1 aromatic carbocycles. The fourth-order valence-corrected chi connectivity index (χ4v) is 2.90. The summed E-state index contributed by atoms with van der Waals surface area (Å²) in [5.74, 6) is 0. The molecule has 3 rings (SSSR count). The molecular weight excluding hydrogens is 300 g/mol. The summed E-state index contributed by atoms with van der Waals surface area (Å²) in [6.45, 7) is 5.42. The van der Waals surface area contributed by atoms with Gasteiger partial charge in [-0.1, -0.05) is 29.8 Å². The van der Waals surface area contributed by atoms with E-state index in [1.807, 2.05) is 17.0 Å². The average Bonchev–Trinajstić information content (AvgIpc) is 2.62. The number of aromatic nitrogens is 1. The molecular formula is C19H24N4O. The van der Waals surface area contributed by atoms with Crippen LogP contribution in [0.2, 0.25) is 0 Å². The minimum absolute atomic E-state index is 0.00881. The lowest BCUT2D eigenvalue weighted by molar-refractivity contribution is 0.153. The standard InChI is InChI=1S/C19H24N4O/c1-15-3-5-16(6-4-15)18(17-7-9-20-10-8-17)21-19(24)23-13-11-22(2)12-14-23/h3-10,18H,11-14H2,1-2H3,(H,21,24)/t18-/m1/s1. The number of urea groups is 1. The van der Waals surface area contributed by atoms with E-state index in [-0.39, 0.29) is 12.1 Å². The summed E-state index contributed by atoms with van der Waals surface area (Å²) in [5.41, 5.74) is 3.32. The van der Waals surface area contributed by atoms with Gasteiger partial charge >= 0.3 is 6.03 Å². The van der Waals surface area contributed by atoms with E-state index in [0.29, 0.717) is 0 Å². The maximum atomic E-state index is 12.7. The van der Waals surface area contributed by atoms with Gasteiger partial charge in [0.05, 0.1) is 6.04 Å². The fraction of sp³-hybridized carbons (Fsp3) is 0.368. The number of benzene rings is 1. The van der Waals surface area contributed by atoms with E-state index in [4.69, 9.17) is 0 Å². The molecule has 1 atom stereocenters. The van der Waals surface area contributed by atoms with Crippen LogP contribution in [0.1, 0.15) is 22.7 Å². The summed E-state index contributed by atoms with van der Waals surface area (Å²) in [5, 5.41) is 3.19. The zero-order chi connectivity index (χ0) is 16.9. The van der Waals surface area contributed by atoms with Crippen molar-refractivity contribution in [2.75, 3.05) is 33.2 Å². The van der Waals surface area contributed by atoms with Crippen LogP contribution in [0.15, 0.2) is 48.8 Å². The molecule has 5 heteroatoms. The van der Waals surface area contributed by atoms with Gasteiger partial charge in [-0.2, -0.15) is 0 Å². The number of pyridine rings is 1. The highest BCUT2D eigenvalue weighted by molar-refractivity contribution is 5.75. The van der Waals surface area contributed by atoms with Crippen LogP contribution in [0, 0.1) is 6.92 Å². The molecule has 1 aromatic heterocycles. The number of hydrogen-bond donors (Lipinski definition) is 1. The number of aryl methyl sites for hydroxylation is 1. The van der Waals surface area contributed by atoms with Gasteiger partial charge in [0.1, 0.15) is 0 Å². The molecule has 1 fully saturated rings. The molecule has 0 unspecified atom stereocenters. The van der Waals surface area contributed by atoms with E-state index in [9.17, 15) is 4.79 Å². The van der Waals surface area contributed by atoms with Crippen LogP contribution in [0.5, 0.6) is 0 Å². The van der Waals surface area contributed by atoms with Crippen LogP contribution in [-0.4, -0.2) is 54.0 Å². The van der Waals surface area contributed by atoms with E-state index >= 15 is 0 Å². The van der Waals surface area contributed by atoms with Crippen LogP contribution < -0.4 is 5.32 Å². The number of hydrogen-bond acceptors (Lipinski definition) is 3. The van der Waals surface area contributed by atoms with Gasteiger partial charge in [0.25, 0.3) is 0 Å². The summed E-state index contributed by atoms with van der Waals surface area (Å²) >= 11 is 0. The number of nitrogens with one attached hydrogen (secondary N) is 1. The normalized spacial score (nSPS) is 16.7. The number of carbonyl (C=O) groups excluding carboxylic acids is 1. The third-order valence-corrected chi connectivity index (χ3v) is 4.51. The summed E-state index contributed by atoms with van der Waals surface area (Å²) in [7, 11) is 2.08. The van der Waals surface area contributed by atoms with Gasteiger partial charge in [-0.05, 0) is 37.2 Å². The smallest absolute Gasteiger partial charge is 0.318 e.